The number of ether oxygens (including phenoxy) is 1. The van der Waals surface area contributed by atoms with E-state index < -0.39 is 0 Å². The topological polar surface area (TPSA) is 74.3 Å². The molecule has 1 aliphatic carbocycles. The lowest BCUT2D eigenvalue weighted by Crippen LogP contribution is -2.50. The van der Waals surface area contributed by atoms with E-state index in [1.165, 1.54) is 5.56 Å². The number of H-pyrrole nitrogens is 1. The second-order valence-electron chi connectivity index (χ2n) is 6.62. The van der Waals surface area contributed by atoms with Crippen LogP contribution in [0, 0.1) is 0 Å². The van der Waals surface area contributed by atoms with Gasteiger partial charge in [-0.05, 0) is 30.9 Å². The van der Waals surface area contributed by atoms with Crippen molar-refractivity contribution in [1.82, 2.24) is 20.1 Å². The predicted molar refractivity (Wildman–Crippen MR) is 93.8 cm³/mol. The molecule has 1 N–H and O–H groups in total. The smallest absolute Gasteiger partial charge is 0.231 e. The van der Waals surface area contributed by atoms with Crippen molar-refractivity contribution in [1.29, 1.82) is 0 Å². The molecule has 0 radical (unpaired) electrons. The van der Waals surface area contributed by atoms with Gasteiger partial charge in [0, 0.05) is 38.4 Å². The standard InChI is InChI=1S/C18H23N5O2/c1-25-14-5-6-19-16(11-14)22-7-9-23(10-8-22)18(24)15-4-2-3-13-12-20-21-17(13)15/h5-6,11-12,15H,2-4,7-10H2,1H3,(H,20,21)/t15-/m1/s1. The molecule has 0 unspecified atom stereocenters. The normalized spacial score (nSPS) is 20.3. The van der Waals surface area contributed by atoms with Gasteiger partial charge in [-0.1, -0.05) is 0 Å². The third kappa shape index (κ3) is 3.06. The number of rotatable bonds is 3. The van der Waals surface area contributed by atoms with Gasteiger partial charge < -0.3 is 14.5 Å². The van der Waals surface area contributed by atoms with E-state index in [4.69, 9.17) is 4.74 Å². The summed E-state index contributed by atoms with van der Waals surface area (Å²) >= 11 is 0. The summed E-state index contributed by atoms with van der Waals surface area (Å²) in [6.45, 7) is 3.01. The molecule has 1 fully saturated rings. The fourth-order valence-corrected chi connectivity index (χ4v) is 3.79. The minimum atomic E-state index is -0.0623. The van der Waals surface area contributed by atoms with Crippen molar-refractivity contribution < 1.29 is 9.53 Å². The number of piperazine rings is 1. The van der Waals surface area contributed by atoms with Gasteiger partial charge in [0.2, 0.25) is 5.91 Å². The minimum Gasteiger partial charge on any atom is -0.497 e. The number of carbonyl (C=O) groups is 1. The number of pyridine rings is 1. The van der Waals surface area contributed by atoms with Crippen LogP contribution in [-0.2, 0) is 11.2 Å². The maximum Gasteiger partial charge on any atom is 0.231 e. The molecule has 0 saturated carbocycles. The molecule has 7 heteroatoms. The van der Waals surface area contributed by atoms with Crippen LogP contribution >= 0.6 is 0 Å². The SMILES string of the molecule is COc1ccnc(N2CCN(C(=O)[C@@H]3CCCc4cn[nH]c43)CC2)c1. The van der Waals surface area contributed by atoms with Gasteiger partial charge in [0.15, 0.2) is 0 Å². The molecule has 2 aliphatic rings. The van der Waals surface area contributed by atoms with Crippen LogP contribution in [0.3, 0.4) is 0 Å². The Kier molecular flexibility index (Phi) is 4.29. The predicted octanol–water partition coefficient (Wildman–Crippen LogP) is 1.58. The summed E-state index contributed by atoms with van der Waals surface area (Å²) in [4.78, 5) is 21.6. The molecule has 0 spiro atoms. The van der Waals surface area contributed by atoms with Gasteiger partial charge in [-0.3, -0.25) is 9.89 Å². The van der Waals surface area contributed by atoms with Gasteiger partial charge >= 0.3 is 0 Å². The van der Waals surface area contributed by atoms with Crippen LogP contribution in [0.5, 0.6) is 5.75 Å². The monoisotopic (exact) mass is 341 g/mol. The summed E-state index contributed by atoms with van der Waals surface area (Å²) in [6.07, 6.45) is 6.60. The number of anilines is 1. The quantitative estimate of drug-likeness (QED) is 0.917. The van der Waals surface area contributed by atoms with E-state index >= 15 is 0 Å². The number of nitrogens with zero attached hydrogens (tertiary/aromatic N) is 4. The van der Waals surface area contributed by atoms with Crippen LogP contribution in [0.25, 0.3) is 0 Å². The van der Waals surface area contributed by atoms with E-state index in [0.29, 0.717) is 0 Å². The van der Waals surface area contributed by atoms with Crippen molar-refractivity contribution in [3.63, 3.8) is 0 Å². The second-order valence-corrected chi connectivity index (χ2v) is 6.62. The number of aryl methyl sites for hydroxylation is 1. The summed E-state index contributed by atoms with van der Waals surface area (Å²) in [7, 11) is 1.66. The molecule has 1 aliphatic heterocycles. The van der Waals surface area contributed by atoms with Crippen molar-refractivity contribution in [3.8, 4) is 5.75 Å². The lowest BCUT2D eigenvalue weighted by atomic mass is 9.87. The molecule has 2 aromatic heterocycles. The molecular formula is C18H23N5O2. The van der Waals surface area contributed by atoms with Crippen molar-refractivity contribution in [3.05, 3.63) is 35.8 Å². The molecule has 25 heavy (non-hydrogen) atoms. The zero-order valence-electron chi connectivity index (χ0n) is 14.4. The molecule has 3 heterocycles. The third-order valence-electron chi connectivity index (χ3n) is 5.20. The largest absolute Gasteiger partial charge is 0.497 e. The third-order valence-corrected chi connectivity index (χ3v) is 5.20. The van der Waals surface area contributed by atoms with Gasteiger partial charge in [-0.15, -0.1) is 0 Å². The molecule has 2 aromatic rings. The Bertz CT molecular complexity index is 751. The van der Waals surface area contributed by atoms with Crippen LogP contribution in [0.15, 0.2) is 24.5 Å². The second kappa shape index (κ2) is 6.74. The first-order valence-electron chi connectivity index (χ1n) is 8.82. The number of methoxy groups -OCH3 is 1. The Morgan fingerprint density at radius 3 is 2.96 bits per heavy atom. The number of nitrogens with one attached hydrogen (secondary N) is 1. The first-order valence-corrected chi connectivity index (χ1v) is 8.82. The van der Waals surface area contributed by atoms with Crippen molar-refractivity contribution in [2.24, 2.45) is 0 Å². The highest BCUT2D eigenvalue weighted by Crippen LogP contribution is 2.31. The molecule has 1 amide bonds. The van der Waals surface area contributed by atoms with Gasteiger partial charge in [-0.2, -0.15) is 5.10 Å². The van der Waals surface area contributed by atoms with Crippen LogP contribution in [0.4, 0.5) is 5.82 Å². The van der Waals surface area contributed by atoms with E-state index in [1.807, 2.05) is 23.2 Å². The van der Waals surface area contributed by atoms with E-state index in [0.717, 1.165) is 62.7 Å². The Labute approximate surface area is 147 Å². The minimum absolute atomic E-state index is 0.0623. The van der Waals surface area contributed by atoms with Crippen LogP contribution < -0.4 is 9.64 Å². The average Bonchev–Trinajstić information content (AvgIpc) is 3.16. The maximum absolute atomic E-state index is 13.0. The van der Waals surface area contributed by atoms with E-state index in [1.54, 1.807) is 13.3 Å². The Morgan fingerprint density at radius 2 is 2.16 bits per heavy atom. The number of hydrogen-bond donors (Lipinski definition) is 1. The first kappa shape index (κ1) is 15.9. The first-order chi connectivity index (χ1) is 12.3. The molecular weight excluding hydrogens is 318 g/mol. The Morgan fingerprint density at radius 1 is 1.32 bits per heavy atom. The summed E-state index contributed by atoms with van der Waals surface area (Å²) in [5, 5.41) is 7.17. The zero-order chi connectivity index (χ0) is 17.2. The Hall–Kier alpha value is -2.57. The fraction of sp³-hybridized carbons (Fsp3) is 0.500. The molecule has 132 valence electrons. The average molecular weight is 341 g/mol. The summed E-state index contributed by atoms with van der Waals surface area (Å²) < 4.78 is 5.27. The Balaban J connectivity index is 1.41. The number of carbonyl (C=O) groups excluding carboxylic acids is 1. The number of amides is 1. The molecule has 4 rings (SSSR count). The number of aromatic nitrogens is 3. The van der Waals surface area contributed by atoms with Gasteiger partial charge in [0.1, 0.15) is 11.6 Å². The lowest BCUT2D eigenvalue weighted by molar-refractivity contribution is -0.133. The molecule has 1 atom stereocenters. The van der Waals surface area contributed by atoms with Gasteiger partial charge in [0.25, 0.3) is 0 Å². The zero-order valence-corrected chi connectivity index (χ0v) is 14.4. The number of hydrogen-bond acceptors (Lipinski definition) is 5. The van der Waals surface area contributed by atoms with Gasteiger partial charge in [-0.25, -0.2) is 4.98 Å². The van der Waals surface area contributed by atoms with Crippen LogP contribution in [-0.4, -0.2) is 59.3 Å². The highest BCUT2D eigenvalue weighted by molar-refractivity contribution is 5.84. The van der Waals surface area contributed by atoms with Crippen LogP contribution in [0.1, 0.15) is 30.0 Å². The maximum atomic E-state index is 13.0. The van der Waals surface area contributed by atoms with E-state index in [-0.39, 0.29) is 11.8 Å². The molecule has 7 nitrogen and oxygen atoms in total. The summed E-state index contributed by atoms with van der Waals surface area (Å²) in [5.74, 6) is 1.87. The van der Waals surface area contributed by atoms with Crippen molar-refractivity contribution in [2.75, 3.05) is 38.2 Å². The van der Waals surface area contributed by atoms with Crippen molar-refractivity contribution >= 4 is 11.7 Å². The fourth-order valence-electron chi connectivity index (χ4n) is 3.79. The lowest BCUT2D eigenvalue weighted by Gasteiger charge is -2.37. The number of fused-ring (bicyclic) bond motifs is 1. The molecule has 0 bridgehead atoms. The van der Waals surface area contributed by atoms with Crippen molar-refractivity contribution in [2.45, 2.75) is 25.2 Å². The van der Waals surface area contributed by atoms with E-state index in [2.05, 4.69) is 20.1 Å². The highest BCUT2D eigenvalue weighted by Gasteiger charge is 2.33. The van der Waals surface area contributed by atoms with Gasteiger partial charge in [0.05, 0.1) is 24.9 Å². The van der Waals surface area contributed by atoms with E-state index in [9.17, 15) is 4.79 Å². The molecule has 0 aromatic carbocycles. The highest BCUT2D eigenvalue weighted by atomic mass is 16.5. The summed E-state index contributed by atoms with van der Waals surface area (Å²) in [6, 6.07) is 3.78. The number of aromatic amines is 1. The van der Waals surface area contributed by atoms with Crippen LogP contribution in [0.2, 0.25) is 0 Å². The molecule has 1 saturated heterocycles. The summed E-state index contributed by atoms with van der Waals surface area (Å²) in [5.41, 5.74) is 2.22.